The molecule has 1 N–H and O–H groups in total. The van der Waals surface area contributed by atoms with Gasteiger partial charge >= 0.3 is 0 Å². The molecule has 0 fully saturated rings. The molecule has 0 aliphatic rings. The molecule has 0 aliphatic carbocycles. The molecule has 1 unspecified atom stereocenters. The molecule has 1 amide bonds. The number of carbonyl (C=O) groups excluding carboxylic acids is 1. The Morgan fingerprint density at radius 3 is 2.53 bits per heavy atom. The highest BCUT2D eigenvalue weighted by Gasteiger charge is 2.22. The lowest BCUT2D eigenvalue weighted by molar-refractivity contribution is 0.0914. The van der Waals surface area contributed by atoms with E-state index in [9.17, 15) is 4.79 Å². The van der Waals surface area contributed by atoms with E-state index < -0.39 is 0 Å². The monoisotopic (exact) mass is 226 g/mol. The molecule has 0 saturated heterocycles. The maximum atomic E-state index is 11.8. The molecule has 15 heavy (non-hydrogen) atoms. The van der Waals surface area contributed by atoms with Crippen LogP contribution in [0.25, 0.3) is 0 Å². The van der Waals surface area contributed by atoms with Crippen molar-refractivity contribution in [3.05, 3.63) is 16.1 Å². The maximum absolute atomic E-state index is 11.8. The summed E-state index contributed by atoms with van der Waals surface area (Å²) < 4.78 is 0. The van der Waals surface area contributed by atoms with Crippen molar-refractivity contribution in [2.45, 2.75) is 40.7 Å². The molecule has 3 nitrogen and oxygen atoms in total. The Bertz CT molecular complexity index is 352. The molecule has 0 saturated carbocycles. The Kier molecular flexibility index (Phi) is 3.50. The average molecular weight is 226 g/mol. The van der Waals surface area contributed by atoms with Crippen LogP contribution in [-0.2, 0) is 0 Å². The van der Waals surface area contributed by atoms with Crippen LogP contribution in [0.4, 0.5) is 0 Å². The van der Waals surface area contributed by atoms with Gasteiger partial charge in [0.1, 0.15) is 4.88 Å². The van der Waals surface area contributed by atoms with E-state index in [4.69, 9.17) is 0 Å². The van der Waals surface area contributed by atoms with E-state index in [1.165, 1.54) is 11.3 Å². The number of nitrogens with one attached hydrogen (secondary N) is 1. The van der Waals surface area contributed by atoms with E-state index in [1.807, 2.05) is 13.8 Å². The van der Waals surface area contributed by atoms with Crippen molar-refractivity contribution in [3.63, 3.8) is 0 Å². The van der Waals surface area contributed by atoms with Gasteiger partial charge in [-0.3, -0.25) is 4.79 Å². The first kappa shape index (κ1) is 12.2. The number of carbonyl (C=O) groups is 1. The molecule has 84 valence electrons. The highest BCUT2D eigenvalue weighted by molar-refractivity contribution is 7.13. The standard InChI is InChI=1S/C11H18N2OS/c1-7(11(3,4)5)13-10(14)9-6-12-8(2)15-9/h6-7H,1-5H3,(H,13,14). The first-order valence-corrected chi connectivity index (χ1v) is 5.85. The predicted octanol–water partition coefficient (Wildman–Crippen LogP) is 2.62. The van der Waals surface area contributed by atoms with Gasteiger partial charge in [-0.2, -0.15) is 0 Å². The fourth-order valence-corrected chi connectivity index (χ4v) is 1.63. The third kappa shape index (κ3) is 3.30. The molecule has 1 aromatic rings. The lowest BCUT2D eigenvalue weighted by Gasteiger charge is -2.27. The molecule has 1 atom stereocenters. The van der Waals surface area contributed by atoms with Crippen LogP contribution >= 0.6 is 11.3 Å². The third-order valence-corrected chi connectivity index (χ3v) is 3.40. The number of hydrogen-bond acceptors (Lipinski definition) is 3. The summed E-state index contributed by atoms with van der Waals surface area (Å²) in [6, 6.07) is 0.146. The Morgan fingerprint density at radius 1 is 1.53 bits per heavy atom. The molecule has 4 heteroatoms. The van der Waals surface area contributed by atoms with Gasteiger partial charge < -0.3 is 5.32 Å². The van der Waals surface area contributed by atoms with Crippen molar-refractivity contribution < 1.29 is 4.79 Å². The Hall–Kier alpha value is -0.900. The first-order chi connectivity index (χ1) is 6.80. The number of aromatic nitrogens is 1. The summed E-state index contributed by atoms with van der Waals surface area (Å²) in [6.45, 7) is 10.2. The van der Waals surface area contributed by atoms with Gasteiger partial charge in [0.25, 0.3) is 5.91 Å². The Balaban J connectivity index is 2.64. The summed E-state index contributed by atoms with van der Waals surface area (Å²) in [6.07, 6.45) is 1.63. The minimum atomic E-state index is -0.0250. The van der Waals surface area contributed by atoms with Crippen LogP contribution in [0.1, 0.15) is 42.4 Å². The van der Waals surface area contributed by atoms with Crippen LogP contribution in [0, 0.1) is 12.3 Å². The van der Waals surface area contributed by atoms with E-state index in [-0.39, 0.29) is 17.4 Å². The number of rotatable bonds is 2. The van der Waals surface area contributed by atoms with E-state index in [1.54, 1.807) is 6.20 Å². The minimum Gasteiger partial charge on any atom is -0.348 e. The fourth-order valence-electron chi connectivity index (χ4n) is 0.951. The van der Waals surface area contributed by atoms with Crippen molar-refractivity contribution in [1.29, 1.82) is 0 Å². The summed E-state index contributed by atoms with van der Waals surface area (Å²) in [5, 5.41) is 3.90. The topological polar surface area (TPSA) is 42.0 Å². The van der Waals surface area contributed by atoms with Crippen LogP contribution in [0.15, 0.2) is 6.20 Å². The Labute approximate surface area is 94.9 Å². The van der Waals surface area contributed by atoms with E-state index in [0.29, 0.717) is 4.88 Å². The molecule has 0 radical (unpaired) electrons. The summed E-state index contributed by atoms with van der Waals surface area (Å²) in [5.74, 6) is -0.0250. The molecule has 1 rings (SSSR count). The highest BCUT2D eigenvalue weighted by Crippen LogP contribution is 2.19. The average Bonchev–Trinajstić information content (AvgIpc) is 2.50. The van der Waals surface area contributed by atoms with Gasteiger partial charge in [-0.05, 0) is 19.3 Å². The normalized spacial score (nSPS) is 13.7. The SMILES string of the molecule is Cc1ncc(C(=O)NC(C)C(C)(C)C)s1. The van der Waals surface area contributed by atoms with Gasteiger partial charge in [0.15, 0.2) is 0 Å². The van der Waals surface area contributed by atoms with Gasteiger partial charge in [-0.25, -0.2) is 4.98 Å². The molecule has 0 spiro atoms. The van der Waals surface area contributed by atoms with Gasteiger partial charge in [0.2, 0.25) is 0 Å². The fraction of sp³-hybridized carbons (Fsp3) is 0.636. The smallest absolute Gasteiger partial charge is 0.263 e. The molecular formula is C11H18N2OS. The van der Waals surface area contributed by atoms with Gasteiger partial charge in [-0.1, -0.05) is 20.8 Å². The van der Waals surface area contributed by atoms with Gasteiger partial charge in [-0.15, -0.1) is 11.3 Å². The number of thiazole rings is 1. The van der Waals surface area contributed by atoms with Crippen molar-refractivity contribution in [2.24, 2.45) is 5.41 Å². The second-order valence-electron chi connectivity index (χ2n) is 4.80. The van der Waals surface area contributed by atoms with Crippen molar-refractivity contribution in [3.8, 4) is 0 Å². The van der Waals surface area contributed by atoms with Crippen LogP contribution in [0.3, 0.4) is 0 Å². The lowest BCUT2D eigenvalue weighted by Crippen LogP contribution is -2.41. The van der Waals surface area contributed by atoms with Crippen LogP contribution in [0.5, 0.6) is 0 Å². The maximum Gasteiger partial charge on any atom is 0.263 e. The second kappa shape index (κ2) is 4.31. The first-order valence-electron chi connectivity index (χ1n) is 5.04. The summed E-state index contributed by atoms with van der Waals surface area (Å²) in [7, 11) is 0. The molecule has 1 aromatic heterocycles. The molecule has 0 bridgehead atoms. The minimum absolute atomic E-state index is 0.0250. The quantitative estimate of drug-likeness (QED) is 0.842. The van der Waals surface area contributed by atoms with Crippen molar-refractivity contribution >= 4 is 17.2 Å². The number of hydrogen-bond donors (Lipinski definition) is 1. The number of aryl methyl sites for hydroxylation is 1. The molecular weight excluding hydrogens is 208 g/mol. The van der Waals surface area contributed by atoms with Gasteiger partial charge in [0.05, 0.1) is 11.2 Å². The highest BCUT2D eigenvalue weighted by atomic mass is 32.1. The van der Waals surface area contributed by atoms with Crippen molar-refractivity contribution in [1.82, 2.24) is 10.3 Å². The van der Waals surface area contributed by atoms with Gasteiger partial charge in [0, 0.05) is 6.04 Å². The third-order valence-electron chi connectivity index (χ3n) is 2.49. The second-order valence-corrected chi connectivity index (χ2v) is 6.04. The molecule has 0 aliphatic heterocycles. The van der Waals surface area contributed by atoms with Crippen LogP contribution in [0.2, 0.25) is 0 Å². The summed E-state index contributed by atoms with van der Waals surface area (Å²) >= 11 is 1.43. The number of nitrogens with zero attached hydrogens (tertiary/aromatic N) is 1. The molecule has 1 heterocycles. The summed E-state index contributed by atoms with van der Waals surface area (Å²) in [5.41, 5.74) is 0.0788. The lowest BCUT2D eigenvalue weighted by atomic mass is 9.88. The zero-order valence-corrected chi connectivity index (χ0v) is 10.7. The van der Waals surface area contributed by atoms with Crippen LogP contribution < -0.4 is 5.32 Å². The van der Waals surface area contributed by atoms with Crippen LogP contribution in [-0.4, -0.2) is 16.9 Å². The van der Waals surface area contributed by atoms with E-state index >= 15 is 0 Å². The largest absolute Gasteiger partial charge is 0.348 e. The predicted molar refractivity (Wildman–Crippen MR) is 63.2 cm³/mol. The van der Waals surface area contributed by atoms with E-state index in [2.05, 4.69) is 31.1 Å². The summed E-state index contributed by atoms with van der Waals surface area (Å²) in [4.78, 5) is 16.5. The zero-order valence-electron chi connectivity index (χ0n) is 9.92. The molecule has 0 aromatic carbocycles. The van der Waals surface area contributed by atoms with Crippen molar-refractivity contribution in [2.75, 3.05) is 0 Å². The van der Waals surface area contributed by atoms with E-state index in [0.717, 1.165) is 5.01 Å². The zero-order chi connectivity index (χ0) is 11.6. The number of amides is 1. The Morgan fingerprint density at radius 2 is 2.13 bits per heavy atom.